The number of aryl methyl sites for hydroxylation is 2. The number of carbonyl (C=O) groups excluding carboxylic acids is 1. The molecule has 4 rings (SSSR count). The minimum atomic E-state index is -0.203. The number of benzene rings is 1. The van der Waals surface area contributed by atoms with Gasteiger partial charge >= 0.3 is 0 Å². The maximum Gasteiger partial charge on any atom is 0.276 e. The Bertz CT molecular complexity index is 938. The minimum Gasteiger partial charge on any atom is -0.312 e. The number of amides is 1. The molecule has 0 spiro atoms. The van der Waals surface area contributed by atoms with E-state index in [9.17, 15) is 4.79 Å². The summed E-state index contributed by atoms with van der Waals surface area (Å²) in [6.07, 6.45) is 2.32. The molecule has 6 nitrogen and oxygen atoms in total. The number of nitrogens with one attached hydrogen (secondary N) is 1. The SMILES string of the molecule is CCn1nc(C2CC2)cc1C(=O)Nc1nc2cccc(Cl)c2n1C. The summed E-state index contributed by atoms with van der Waals surface area (Å²) in [5, 5.41) is 8.03. The van der Waals surface area contributed by atoms with E-state index < -0.39 is 0 Å². The highest BCUT2D eigenvalue weighted by Gasteiger charge is 2.28. The lowest BCUT2D eigenvalue weighted by molar-refractivity contribution is 0.101. The number of fused-ring (bicyclic) bond motifs is 1. The smallest absolute Gasteiger partial charge is 0.276 e. The second-order valence-electron chi connectivity index (χ2n) is 6.10. The molecule has 1 aliphatic rings. The van der Waals surface area contributed by atoms with Gasteiger partial charge in [0.2, 0.25) is 5.95 Å². The lowest BCUT2D eigenvalue weighted by Gasteiger charge is -2.06. The first-order valence-electron chi connectivity index (χ1n) is 8.08. The zero-order valence-electron chi connectivity index (χ0n) is 13.6. The number of aromatic nitrogens is 4. The van der Waals surface area contributed by atoms with Gasteiger partial charge in [-0.1, -0.05) is 17.7 Å². The Balaban J connectivity index is 1.67. The zero-order chi connectivity index (χ0) is 16.8. The Labute approximate surface area is 144 Å². The van der Waals surface area contributed by atoms with Crippen molar-refractivity contribution in [1.29, 1.82) is 0 Å². The van der Waals surface area contributed by atoms with Crippen LogP contribution < -0.4 is 5.32 Å². The van der Waals surface area contributed by atoms with Crippen LogP contribution in [-0.2, 0) is 13.6 Å². The van der Waals surface area contributed by atoms with E-state index in [0.717, 1.165) is 29.6 Å². The van der Waals surface area contributed by atoms with Gasteiger partial charge < -0.3 is 4.57 Å². The van der Waals surface area contributed by atoms with Gasteiger partial charge in [-0.2, -0.15) is 5.10 Å². The molecule has 1 fully saturated rings. The summed E-state index contributed by atoms with van der Waals surface area (Å²) in [4.78, 5) is 17.2. The fourth-order valence-electron chi connectivity index (χ4n) is 2.94. The van der Waals surface area contributed by atoms with Gasteiger partial charge in [0.25, 0.3) is 5.91 Å². The molecule has 1 aromatic carbocycles. The summed E-state index contributed by atoms with van der Waals surface area (Å²) in [7, 11) is 1.84. The van der Waals surface area contributed by atoms with E-state index >= 15 is 0 Å². The van der Waals surface area contributed by atoms with Gasteiger partial charge in [-0.15, -0.1) is 0 Å². The van der Waals surface area contributed by atoms with Crippen LogP contribution in [0.3, 0.4) is 0 Å². The van der Waals surface area contributed by atoms with Gasteiger partial charge in [0.15, 0.2) is 0 Å². The molecule has 0 saturated heterocycles. The average Bonchev–Trinajstić information content (AvgIpc) is 3.24. The van der Waals surface area contributed by atoms with Crippen molar-refractivity contribution in [2.45, 2.75) is 32.2 Å². The lowest BCUT2D eigenvalue weighted by Crippen LogP contribution is -2.19. The summed E-state index contributed by atoms with van der Waals surface area (Å²) < 4.78 is 3.54. The molecule has 1 aliphatic carbocycles. The Morgan fingerprint density at radius 3 is 2.88 bits per heavy atom. The standard InChI is InChI=1S/C17H18ClN5O/c1-3-23-14(9-13(21-23)10-7-8-10)16(24)20-17-19-12-6-4-5-11(18)15(12)22(17)2/h4-6,9-10H,3,7-8H2,1-2H3,(H,19,20,24). The van der Waals surface area contributed by atoms with Crippen molar-refractivity contribution in [3.05, 3.63) is 40.7 Å². The van der Waals surface area contributed by atoms with Crippen LogP contribution in [0.2, 0.25) is 5.02 Å². The molecule has 0 bridgehead atoms. The Hall–Kier alpha value is -2.34. The van der Waals surface area contributed by atoms with E-state index in [-0.39, 0.29) is 5.91 Å². The Morgan fingerprint density at radius 2 is 2.21 bits per heavy atom. The molecular formula is C17H18ClN5O. The first kappa shape index (κ1) is 15.2. The third kappa shape index (κ3) is 2.47. The van der Waals surface area contributed by atoms with Gasteiger partial charge in [0, 0.05) is 19.5 Å². The molecule has 1 saturated carbocycles. The average molecular weight is 344 g/mol. The molecule has 1 N–H and O–H groups in total. The van der Waals surface area contributed by atoms with E-state index in [2.05, 4.69) is 15.4 Å². The predicted molar refractivity (Wildman–Crippen MR) is 93.6 cm³/mol. The van der Waals surface area contributed by atoms with Gasteiger partial charge in [0.1, 0.15) is 5.69 Å². The normalized spacial score (nSPS) is 14.3. The van der Waals surface area contributed by atoms with Crippen molar-refractivity contribution in [1.82, 2.24) is 19.3 Å². The fraction of sp³-hybridized carbons (Fsp3) is 0.353. The highest BCUT2D eigenvalue weighted by atomic mass is 35.5. The van der Waals surface area contributed by atoms with Crippen molar-refractivity contribution in [2.24, 2.45) is 7.05 Å². The molecule has 3 aromatic rings. The number of para-hydroxylation sites is 1. The van der Waals surface area contributed by atoms with Crippen LogP contribution in [0.4, 0.5) is 5.95 Å². The van der Waals surface area contributed by atoms with Crippen molar-refractivity contribution < 1.29 is 4.79 Å². The second-order valence-corrected chi connectivity index (χ2v) is 6.51. The largest absolute Gasteiger partial charge is 0.312 e. The van der Waals surface area contributed by atoms with Crippen LogP contribution in [0.5, 0.6) is 0 Å². The van der Waals surface area contributed by atoms with Gasteiger partial charge in [-0.05, 0) is 38.0 Å². The predicted octanol–water partition coefficient (Wildman–Crippen LogP) is 3.57. The van der Waals surface area contributed by atoms with Crippen molar-refractivity contribution in [2.75, 3.05) is 5.32 Å². The first-order valence-corrected chi connectivity index (χ1v) is 8.46. The molecule has 1 amide bonds. The van der Waals surface area contributed by atoms with Crippen LogP contribution in [0.1, 0.15) is 41.9 Å². The van der Waals surface area contributed by atoms with Crippen LogP contribution in [0.15, 0.2) is 24.3 Å². The van der Waals surface area contributed by atoms with E-state index in [4.69, 9.17) is 11.6 Å². The van der Waals surface area contributed by atoms with Crippen LogP contribution >= 0.6 is 11.6 Å². The number of nitrogens with zero attached hydrogens (tertiary/aromatic N) is 4. The maximum absolute atomic E-state index is 12.7. The van der Waals surface area contributed by atoms with Crippen molar-refractivity contribution in [3.63, 3.8) is 0 Å². The van der Waals surface area contributed by atoms with Crippen molar-refractivity contribution in [3.8, 4) is 0 Å². The van der Waals surface area contributed by atoms with Crippen molar-refractivity contribution >= 4 is 34.5 Å². The highest BCUT2D eigenvalue weighted by molar-refractivity contribution is 6.35. The van der Waals surface area contributed by atoms with E-state index in [0.29, 0.717) is 29.1 Å². The summed E-state index contributed by atoms with van der Waals surface area (Å²) in [6.45, 7) is 2.64. The number of imidazole rings is 1. The summed E-state index contributed by atoms with van der Waals surface area (Å²) in [5.41, 5.74) is 3.13. The summed E-state index contributed by atoms with van der Waals surface area (Å²) in [5.74, 6) is 0.782. The molecule has 0 radical (unpaired) electrons. The van der Waals surface area contributed by atoms with E-state index in [1.807, 2.05) is 38.2 Å². The fourth-order valence-corrected chi connectivity index (χ4v) is 3.23. The lowest BCUT2D eigenvalue weighted by atomic mass is 10.2. The Morgan fingerprint density at radius 1 is 1.42 bits per heavy atom. The molecule has 0 aliphatic heterocycles. The number of rotatable bonds is 4. The van der Waals surface area contributed by atoms with Crippen LogP contribution in [0, 0.1) is 0 Å². The third-order valence-corrected chi connectivity index (χ3v) is 4.70. The molecule has 7 heteroatoms. The number of halogens is 1. The third-order valence-electron chi connectivity index (χ3n) is 4.40. The number of carbonyl (C=O) groups is 1. The molecule has 124 valence electrons. The van der Waals surface area contributed by atoms with E-state index in [1.54, 1.807) is 9.25 Å². The summed E-state index contributed by atoms with van der Waals surface area (Å²) in [6, 6.07) is 7.42. The van der Waals surface area contributed by atoms with Gasteiger partial charge in [-0.25, -0.2) is 4.98 Å². The van der Waals surface area contributed by atoms with E-state index in [1.165, 1.54) is 0 Å². The molecule has 2 heterocycles. The topological polar surface area (TPSA) is 64.7 Å². The highest BCUT2D eigenvalue weighted by Crippen LogP contribution is 2.39. The molecule has 24 heavy (non-hydrogen) atoms. The molecule has 2 aromatic heterocycles. The van der Waals surface area contributed by atoms with Gasteiger partial charge in [-0.3, -0.25) is 14.8 Å². The molecule has 0 unspecified atom stereocenters. The van der Waals surface area contributed by atoms with Crippen LogP contribution in [-0.4, -0.2) is 25.2 Å². The minimum absolute atomic E-state index is 0.203. The number of hydrogen-bond acceptors (Lipinski definition) is 3. The van der Waals surface area contributed by atoms with Crippen LogP contribution in [0.25, 0.3) is 11.0 Å². The molecule has 0 atom stereocenters. The van der Waals surface area contributed by atoms with Gasteiger partial charge in [0.05, 0.1) is 21.7 Å². The zero-order valence-corrected chi connectivity index (χ0v) is 14.3. The molecular weight excluding hydrogens is 326 g/mol. The Kier molecular flexibility index (Phi) is 3.57. The second kappa shape index (κ2) is 5.63. The first-order chi connectivity index (χ1) is 11.6. The number of anilines is 1. The maximum atomic E-state index is 12.7. The quantitative estimate of drug-likeness (QED) is 0.787. The number of hydrogen-bond donors (Lipinski definition) is 1. The summed E-state index contributed by atoms with van der Waals surface area (Å²) >= 11 is 6.23. The monoisotopic (exact) mass is 343 g/mol.